The molecule has 0 aliphatic carbocycles. The zero-order valence-corrected chi connectivity index (χ0v) is 19.9. The maximum absolute atomic E-state index is 13.8. The fourth-order valence-corrected chi connectivity index (χ4v) is 2.89. The van der Waals surface area contributed by atoms with Crippen molar-refractivity contribution in [2.45, 2.75) is 12.6 Å². The molecule has 2 N–H and O–H groups in total. The van der Waals surface area contributed by atoms with Crippen molar-refractivity contribution in [1.29, 1.82) is 0 Å². The van der Waals surface area contributed by atoms with Crippen LogP contribution in [0.3, 0.4) is 0 Å². The van der Waals surface area contributed by atoms with E-state index < -0.39 is 0 Å². The van der Waals surface area contributed by atoms with Crippen LogP contribution in [-0.2, 0) is 6.54 Å². The Morgan fingerprint density at radius 2 is 1.76 bits per heavy atom. The SMILES string of the molecule is CN=C(NCc1ccccc1F)NCC(c1ccc(OC)c(OC)c1)N(C)C.I. The van der Waals surface area contributed by atoms with Gasteiger partial charge in [0, 0.05) is 25.7 Å². The van der Waals surface area contributed by atoms with Crippen molar-refractivity contribution in [3.63, 3.8) is 0 Å². The number of likely N-dealkylation sites (N-methyl/N-ethyl adjacent to an activating group) is 1. The highest BCUT2D eigenvalue weighted by Crippen LogP contribution is 2.31. The molecule has 0 saturated heterocycles. The number of hydrogen-bond donors (Lipinski definition) is 2. The van der Waals surface area contributed by atoms with E-state index in [2.05, 4.69) is 20.5 Å². The lowest BCUT2D eigenvalue weighted by molar-refractivity contribution is 0.295. The lowest BCUT2D eigenvalue weighted by Gasteiger charge is -2.26. The summed E-state index contributed by atoms with van der Waals surface area (Å²) in [5, 5.41) is 6.46. The molecule has 2 rings (SSSR count). The van der Waals surface area contributed by atoms with E-state index in [9.17, 15) is 4.39 Å². The summed E-state index contributed by atoms with van der Waals surface area (Å²) in [7, 11) is 8.96. The first-order valence-corrected chi connectivity index (χ1v) is 9.06. The first kappa shape index (κ1) is 25.0. The Labute approximate surface area is 189 Å². The van der Waals surface area contributed by atoms with Crippen LogP contribution in [0.15, 0.2) is 47.5 Å². The summed E-state index contributed by atoms with van der Waals surface area (Å²) < 4.78 is 24.5. The normalized spacial score (nSPS) is 12.2. The lowest BCUT2D eigenvalue weighted by Crippen LogP contribution is -2.41. The van der Waals surface area contributed by atoms with Crippen molar-refractivity contribution in [3.05, 3.63) is 59.4 Å². The van der Waals surface area contributed by atoms with Crippen LogP contribution >= 0.6 is 24.0 Å². The summed E-state index contributed by atoms with van der Waals surface area (Å²) in [6.45, 7) is 0.967. The van der Waals surface area contributed by atoms with Crippen LogP contribution in [0.2, 0.25) is 0 Å². The van der Waals surface area contributed by atoms with Gasteiger partial charge >= 0.3 is 0 Å². The van der Waals surface area contributed by atoms with E-state index in [-0.39, 0.29) is 35.8 Å². The predicted molar refractivity (Wildman–Crippen MR) is 126 cm³/mol. The van der Waals surface area contributed by atoms with Gasteiger partial charge in [0.1, 0.15) is 5.82 Å². The first-order chi connectivity index (χ1) is 13.5. The van der Waals surface area contributed by atoms with E-state index in [1.54, 1.807) is 33.4 Å². The third-order valence-corrected chi connectivity index (χ3v) is 4.51. The molecule has 0 bridgehead atoms. The molecule has 0 fully saturated rings. The van der Waals surface area contributed by atoms with Gasteiger partial charge in [0.2, 0.25) is 0 Å². The van der Waals surface area contributed by atoms with E-state index >= 15 is 0 Å². The molecule has 0 amide bonds. The Morgan fingerprint density at radius 3 is 2.34 bits per heavy atom. The largest absolute Gasteiger partial charge is 0.493 e. The van der Waals surface area contributed by atoms with Gasteiger partial charge in [0.15, 0.2) is 17.5 Å². The molecule has 0 saturated carbocycles. The number of guanidine groups is 1. The van der Waals surface area contributed by atoms with Crippen LogP contribution in [-0.4, -0.2) is 52.8 Å². The van der Waals surface area contributed by atoms with Crippen molar-refractivity contribution in [2.24, 2.45) is 4.99 Å². The highest BCUT2D eigenvalue weighted by molar-refractivity contribution is 14.0. The summed E-state index contributed by atoms with van der Waals surface area (Å²) in [6.07, 6.45) is 0. The minimum atomic E-state index is -0.234. The minimum absolute atomic E-state index is 0. The topological polar surface area (TPSA) is 58.1 Å². The third kappa shape index (κ3) is 7.04. The average molecular weight is 516 g/mol. The average Bonchev–Trinajstić information content (AvgIpc) is 2.71. The molecule has 0 radical (unpaired) electrons. The van der Waals surface area contributed by atoms with Gasteiger partial charge in [-0.25, -0.2) is 4.39 Å². The summed E-state index contributed by atoms with van der Waals surface area (Å²) in [5.74, 6) is 1.76. The number of nitrogens with zero attached hydrogens (tertiary/aromatic N) is 2. The number of aliphatic imine (C=N–C) groups is 1. The second-order valence-corrected chi connectivity index (χ2v) is 6.49. The molecular formula is C21H30FIN4O2. The fraction of sp³-hybridized carbons (Fsp3) is 0.381. The minimum Gasteiger partial charge on any atom is -0.493 e. The van der Waals surface area contributed by atoms with Crippen molar-refractivity contribution in [1.82, 2.24) is 15.5 Å². The van der Waals surface area contributed by atoms with Gasteiger partial charge in [-0.15, -0.1) is 24.0 Å². The monoisotopic (exact) mass is 516 g/mol. The van der Waals surface area contributed by atoms with Gasteiger partial charge < -0.3 is 25.0 Å². The standard InChI is InChI=1S/C21H29FN4O2.HI/c1-23-21(24-13-16-8-6-7-9-17(16)22)25-14-18(26(2)3)15-10-11-19(27-4)20(12-15)28-5;/h6-12,18H,13-14H2,1-5H3,(H2,23,24,25);1H. The van der Waals surface area contributed by atoms with Gasteiger partial charge in [-0.2, -0.15) is 0 Å². The number of hydrogen-bond acceptors (Lipinski definition) is 4. The second kappa shape index (κ2) is 12.5. The Balaban J connectivity index is 0.00000420. The van der Waals surface area contributed by atoms with Gasteiger partial charge in [-0.1, -0.05) is 24.3 Å². The molecule has 29 heavy (non-hydrogen) atoms. The van der Waals surface area contributed by atoms with Crippen molar-refractivity contribution in [2.75, 3.05) is 41.9 Å². The van der Waals surface area contributed by atoms with Gasteiger partial charge in [-0.05, 0) is 37.9 Å². The summed E-state index contributed by atoms with van der Waals surface area (Å²) >= 11 is 0. The Kier molecular flexibility index (Phi) is 10.7. The van der Waals surface area contributed by atoms with Crippen LogP contribution in [0, 0.1) is 5.82 Å². The maximum Gasteiger partial charge on any atom is 0.191 e. The second-order valence-electron chi connectivity index (χ2n) is 6.49. The lowest BCUT2D eigenvalue weighted by atomic mass is 10.1. The zero-order chi connectivity index (χ0) is 20.5. The molecule has 1 unspecified atom stereocenters. The van der Waals surface area contributed by atoms with Gasteiger partial charge in [0.05, 0.1) is 20.3 Å². The molecule has 1 atom stereocenters. The van der Waals surface area contributed by atoms with E-state index in [4.69, 9.17) is 9.47 Å². The van der Waals surface area contributed by atoms with E-state index in [0.717, 1.165) is 5.56 Å². The van der Waals surface area contributed by atoms with Gasteiger partial charge in [-0.3, -0.25) is 4.99 Å². The molecule has 0 heterocycles. The van der Waals surface area contributed by atoms with Crippen LogP contribution in [0.1, 0.15) is 17.2 Å². The number of methoxy groups -OCH3 is 2. The summed E-state index contributed by atoms with van der Waals surface area (Å²) in [5.41, 5.74) is 1.68. The number of nitrogens with one attached hydrogen (secondary N) is 2. The first-order valence-electron chi connectivity index (χ1n) is 9.06. The molecule has 6 nitrogen and oxygen atoms in total. The van der Waals surface area contributed by atoms with Crippen LogP contribution < -0.4 is 20.1 Å². The summed E-state index contributed by atoms with van der Waals surface area (Å²) in [4.78, 5) is 6.34. The molecule has 0 aliphatic rings. The Bertz CT molecular complexity index is 802. The molecule has 160 valence electrons. The zero-order valence-electron chi connectivity index (χ0n) is 17.5. The number of halogens is 2. The van der Waals surface area contributed by atoms with E-state index in [0.29, 0.717) is 36.1 Å². The molecule has 2 aromatic carbocycles. The Hall–Kier alpha value is -2.07. The highest BCUT2D eigenvalue weighted by atomic mass is 127. The maximum atomic E-state index is 13.8. The summed E-state index contributed by atoms with van der Waals surface area (Å²) in [6, 6.07) is 12.7. The third-order valence-electron chi connectivity index (χ3n) is 4.51. The predicted octanol–water partition coefficient (Wildman–Crippen LogP) is 3.43. The molecule has 2 aromatic rings. The Morgan fingerprint density at radius 1 is 1.07 bits per heavy atom. The van der Waals surface area contributed by atoms with Gasteiger partial charge in [0.25, 0.3) is 0 Å². The fourth-order valence-electron chi connectivity index (χ4n) is 2.89. The van der Waals surface area contributed by atoms with E-state index in [1.807, 2.05) is 38.4 Å². The number of benzene rings is 2. The van der Waals surface area contributed by atoms with Crippen LogP contribution in [0.25, 0.3) is 0 Å². The molecular weight excluding hydrogens is 486 g/mol. The molecule has 0 spiro atoms. The smallest absolute Gasteiger partial charge is 0.191 e. The van der Waals surface area contributed by atoms with Crippen molar-refractivity contribution < 1.29 is 13.9 Å². The van der Waals surface area contributed by atoms with E-state index in [1.165, 1.54) is 6.07 Å². The van der Waals surface area contributed by atoms with Crippen molar-refractivity contribution in [3.8, 4) is 11.5 Å². The van der Waals surface area contributed by atoms with Crippen LogP contribution in [0.4, 0.5) is 4.39 Å². The molecule has 0 aromatic heterocycles. The number of ether oxygens (including phenoxy) is 2. The molecule has 8 heteroatoms. The number of rotatable bonds is 8. The van der Waals surface area contributed by atoms with Crippen molar-refractivity contribution >= 4 is 29.9 Å². The highest BCUT2D eigenvalue weighted by Gasteiger charge is 2.17. The van der Waals surface area contributed by atoms with Crippen LogP contribution in [0.5, 0.6) is 11.5 Å². The molecule has 0 aliphatic heterocycles. The quantitative estimate of drug-likeness (QED) is 0.320.